The van der Waals surface area contributed by atoms with E-state index in [1.807, 2.05) is 60.0 Å². The van der Waals surface area contributed by atoms with Gasteiger partial charge in [0.15, 0.2) is 5.82 Å². The number of thiophene rings is 1. The second-order valence-corrected chi connectivity index (χ2v) is 17.5. The van der Waals surface area contributed by atoms with Crippen molar-refractivity contribution in [2.24, 2.45) is 4.99 Å². The molecule has 18 heteroatoms. The fourth-order valence-corrected chi connectivity index (χ4v) is 9.45. The highest BCUT2D eigenvalue weighted by molar-refractivity contribution is 7.15. The SMILES string of the molecule is Cc1sc2c(c1C)C(c1ccc(Cl)cc1)=N[C@@H](CC(=O)Cc1ccc(OCCOCCNCCOCCNc3cccc4c3C(=O)N(C3CCC(=O)NC3=O)C4=O)cc1)c1nnc(C)n1-2. The van der Waals surface area contributed by atoms with Gasteiger partial charge in [-0.15, -0.1) is 21.5 Å². The minimum Gasteiger partial charge on any atom is -0.491 e. The lowest BCUT2D eigenvalue weighted by Crippen LogP contribution is -2.54. The summed E-state index contributed by atoms with van der Waals surface area (Å²) in [6.45, 7) is 9.83. The van der Waals surface area contributed by atoms with Gasteiger partial charge in [-0.3, -0.25) is 43.7 Å². The Balaban J connectivity index is 0.716. The number of fused-ring (bicyclic) bond motifs is 4. The molecule has 16 nitrogen and oxygen atoms in total. The highest BCUT2D eigenvalue weighted by Crippen LogP contribution is 2.40. The van der Waals surface area contributed by atoms with E-state index in [0.717, 1.165) is 43.7 Å². The molecule has 0 radical (unpaired) electrons. The van der Waals surface area contributed by atoms with Gasteiger partial charge in [-0.1, -0.05) is 41.9 Å². The van der Waals surface area contributed by atoms with Crippen molar-refractivity contribution in [2.75, 3.05) is 58.0 Å². The molecule has 1 saturated heterocycles. The zero-order chi connectivity index (χ0) is 45.6. The molecule has 2 atom stereocenters. The van der Waals surface area contributed by atoms with Crippen molar-refractivity contribution in [3.05, 3.63) is 122 Å². The van der Waals surface area contributed by atoms with Crippen molar-refractivity contribution < 1.29 is 38.2 Å². The van der Waals surface area contributed by atoms with Crippen LogP contribution in [0.2, 0.25) is 5.02 Å². The van der Waals surface area contributed by atoms with Gasteiger partial charge in [0.05, 0.1) is 43.3 Å². The first-order chi connectivity index (χ1) is 31.5. The third-order valence-electron chi connectivity index (χ3n) is 11.5. The molecular formula is C47H49ClN8O8S. The van der Waals surface area contributed by atoms with Crippen LogP contribution in [0.4, 0.5) is 5.69 Å². The average Bonchev–Trinajstić information content (AvgIpc) is 3.87. The Bertz CT molecular complexity index is 2640. The number of carbonyl (C=O) groups excluding carboxylic acids is 5. The molecule has 1 unspecified atom stereocenters. The number of halogens is 1. The molecule has 2 aromatic heterocycles. The van der Waals surface area contributed by atoms with Gasteiger partial charge in [-0.05, 0) is 74.7 Å². The van der Waals surface area contributed by atoms with Crippen LogP contribution in [0.15, 0.2) is 71.7 Å². The summed E-state index contributed by atoms with van der Waals surface area (Å²) in [5.41, 5.74) is 5.69. The molecule has 65 heavy (non-hydrogen) atoms. The van der Waals surface area contributed by atoms with Crippen molar-refractivity contribution >= 4 is 63.7 Å². The van der Waals surface area contributed by atoms with Crippen molar-refractivity contribution in [3.8, 4) is 10.8 Å². The lowest BCUT2D eigenvalue weighted by atomic mass is 9.99. The van der Waals surface area contributed by atoms with Gasteiger partial charge in [0.1, 0.15) is 41.0 Å². The maximum Gasteiger partial charge on any atom is 0.264 e. The molecule has 5 aromatic rings. The number of imide groups is 2. The Morgan fingerprint density at radius 3 is 2.35 bits per heavy atom. The Hall–Kier alpha value is -6.11. The number of amides is 4. The number of ether oxygens (including phenoxy) is 3. The van der Waals surface area contributed by atoms with Crippen LogP contribution in [-0.2, 0) is 30.3 Å². The van der Waals surface area contributed by atoms with E-state index < -0.39 is 35.7 Å². The lowest BCUT2D eigenvalue weighted by Gasteiger charge is -2.27. The number of carbonyl (C=O) groups is 5. The fraction of sp³-hybridized carbons (Fsp3) is 0.362. The molecule has 4 amide bonds. The van der Waals surface area contributed by atoms with Crippen LogP contribution in [0.3, 0.4) is 0 Å². The molecule has 338 valence electrons. The summed E-state index contributed by atoms with van der Waals surface area (Å²) in [4.78, 5) is 71.2. The number of aryl methyl sites for hydroxylation is 2. The van der Waals surface area contributed by atoms with Crippen LogP contribution in [0.1, 0.15) is 84.8 Å². The zero-order valence-corrected chi connectivity index (χ0v) is 37.9. The van der Waals surface area contributed by atoms with E-state index in [9.17, 15) is 24.0 Å². The summed E-state index contributed by atoms with van der Waals surface area (Å²) in [6, 6.07) is 18.5. The average molecular weight is 921 g/mol. The number of hydrogen-bond donors (Lipinski definition) is 3. The van der Waals surface area contributed by atoms with Crippen molar-refractivity contribution in [1.29, 1.82) is 0 Å². The number of nitrogens with zero attached hydrogens (tertiary/aromatic N) is 5. The molecule has 8 rings (SSSR count). The first-order valence-corrected chi connectivity index (χ1v) is 22.7. The Kier molecular flexibility index (Phi) is 14.3. The monoisotopic (exact) mass is 920 g/mol. The minimum absolute atomic E-state index is 0.0332. The molecule has 3 aliphatic heterocycles. The van der Waals surface area contributed by atoms with E-state index in [4.69, 9.17) is 30.8 Å². The normalized spacial score (nSPS) is 16.7. The quantitative estimate of drug-likeness (QED) is 0.0655. The summed E-state index contributed by atoms with van der Waals surface area (Å²) in [7, 11) is 0. The molecular weight excluding hydrogens is 872 g/mol. The van der Waals surface area contributed by atoms with Crippen molar-refractivity contribution in [2.45, 2.75) is 58.5 Å². The predicted molar refractivity (Wildman–Crippen MR) is 245 cm³/mol. The first-order valence-electron chi connectivity index (χ1n) is 21.5. The molecule has 0 aliphatic carbocycles. The van der Waals surface area contributed by atoms with Crippen LogP contribution in [-0.4, -0.2) is 113 Å². The van der Waals surface area contributed by atoms with Crippen LogP contribution in [0.25, 0.3) is 5.00 Å². The van der Waals surface area contributed by atoms with Crippen LogP contribution < -0.4 is 20.7 Å². The van der Waals surface area contributed by atoms with E-state index in [1.54, 1.807) is 29.5 Å². The van der Waals surface area contributed by atoms with E-state index in [-0.39, 0.29) is 42.6 Å². The summed E-state index contributed by atoms with van der Waals surface area (Å²) < 4.78 is 19.3. The van der Waals surface area contributed by atoms with Crippen molar-refractivity contribution in [3.63, 3.8) is 0 Å². The second kappa shape index (κ2) is 20.4. The summed E-state index contributed by atoms with van der Waals surface area (Å²) in [6.07, 6.45) is 0.566. The van der Waals surface area contributed by atoms with E-state index >= 15 is 0 Å². The molecule has 0 saturated carbocycles. The number of nitrogens with one attached hydrogen (secondary N) is 3. The van der Waals surface area contributed by atoms with Gasteiger partial charge in [-0.2, -0.15) is 0 Å². The van der Waals surface area contributed by atoms with Gasteiger partial charge >= 0.3 is 0 Å². The third kappa shape index (κ3) is 10.1. The molecule has 0 bridgehead atoms. The van der Waals surface area contributed by atoms with E-state index in [2.05, 4.69) is 40.0 Å². The molecule has 3 aromatic carbocycles. The number of aromatic nitrogens is 3. The number of ketones is 1. The number of anilines is 1. The summed E-state index contributed by atoms with van der Waals surface area (Å²) in [5.74, 6) is -0.0606. The number of piperidine rings is 1. The van der Waals surface area contributed by atoms with Gasteiger partial charge in [0.2, 0.25) is 11.8 Å². The molecule has 5 heterocycles. The van der Waals surface area contributed by atoms with Gasteiger partial charge in [-0.25, -0.2) is 0 Å². The topological polar surface area (TPSA) is 195 Å². The summed E-state index contributed by atoms with van der Waals surface area (Å²) >= 11 is 7.92. The number of hydrogen-bond acceptors (Lipinski definition) is 14. The number of benzene rings is 3. The molecule has 0 spiro atoms. The van der Waals surface area contributed by atoms with Crippen LogP contribution in [0, 0.1) is 20.8 Å². The predicted octanol–water partition coefficient (Wildman–Crippen LogP) is 5.52. The summed E-state index contributed by atoms with van der Waals surface area (Å²) in [5, 5.41) is 19.2. The molecule has 3 aliphatic rings. The van der Waals surface area contributed by atoms with Crippen molar-refractivity contribution in [1.82, 2.24) is 30.3 Å². The van der Waals surface area contributed by atoms with E-state index in [1.165, 1.54) is 4.88 Å². The Labute approximate surface area is 384 Å². The minimum atomic E-state index is -1.02. The highest BCUT2D eigenvalue weighted by atomic mass is 35.5. The molecule has 1 fully saturated rings. The van der Waals surface area contributed by atoms with Gasteiger partial charge in [0.25, 0.3) is 11.8 Å². The lowest BCUT2D eigenvalue weighted by molar-refractivity contribution is -0.136. The maximum atomic E-state index is 13.6. The number of Topliss-reactive ketones (excluding diaryl/α,β-unsaturated/α-hetero) is 1. The second-order valence-electron chi connectivity index (χ2n) is 15.9. The standard InChI is InChI=1S/C47H49ClN8O8S/c1-27-28(2)65-47-40(27)42(31-9-11-32(48)12-10-31)51-37(43-54-53-29(3)55(43)47)26-33(57)25-30-7-13-34(14-8-30)64-24-23-63-21-18-49-17-20-62-22-19-50-36-6-4-5-35-41(36)46(61)56(45(35)60)38-15-16-39(58)52-44(38)59/h4-14,37-38,49-50H,15-26H2,1-3H3,(H,52,58,59)/t37-,38?/m0/s1. The molecule has 3 N–H and O–H groups in total. The van der Waals surface area contributed by atoms with Gasteiger partial charge < -0.3 is 24.8 Å². The van der Waals surface area contributed by atoms with Crippen LogP contribution >= 0.6 is 22.9 Å². The smallest absolute Gasteiger partial charge is 0.264 e. The Morgan fingerprint density at radius 2 is 1.60 bits per heavy atom. The fourth-order valence-electron chi connectivity index (χ4n) is 8.11. The highest BCUT2D eigenvalue weighted by Gasteiger charge is 2.45. The van der Waals surface area contributed by atoms with Gasteiger partial charge in [0, 0.05) is 65.6 Å². The zero-order valence-electron chi connectivity index (χ0n) is 36.3. The third-order valence-corrected chi connectivity index (χ3v) is 12.9. The number of rotatable bonds is 20. The first kappa shape index (κ1) is 45.5. The largest absolute Gasteiger partial charge is 0.491 e. The van der Waals surface area contributed by atoms with Crippen LogP contribution in [0.5, 0.6) is 5.75 Å². The maximum absolute atomic E-state index is 13.6. The number of aliphatic imine (C=N–C) groups is 1. The Morgan fingerprint density at radius 1 is 0.862 bits per heavy atom. The van der Waals surface area contributed by atoms with E-state index in [0.29, 0.717) is 75.0 Å².